The van der Waals surface area contributed by atoms with E-state index < -0.39 is 0 Å². The quantitative estimate of drug-likeness (QED) is 0.812. The van der Waals surface area contributed by atoms with Crippen molar-refractivity contribution in [3.05, 3.63) is 48.0 Å². The van der Waals surface area contributed by atoms with E-state index in [1.54, 1.807) is 30.2 Å². The van der Waals surface area contributed by atoms with Gasteiger partial charge in [0.25, 0.3) is 0 Å². The van der Waals surface area contributed by atoms with Crippen molar-refractivity contribution in [2.45, 2.75) is 12.8 Å². The highest BCUT2D eigenvalue weighted by Gasteiger charge is 2.34. The van der Waals surface area contributed by atoms with Crippen LogP contribution in [0.3, 0.4) is 0 Å². The number of likely N-dealkylation sites (tertiary alicyclic amines) is 1. The molecule has 2 aliphatic heterocycles. The molecule has 152 valence electrons. The van der Waals surface area contributed by atoms with Gasteiger partial charge in [0.05, 0.1) is 13.0 Å². The van der Waals surface area contributed by atoms with Gasteiger partial charge in [0, 0.05) is 31.3 Å². The summed E-state index contributed by atoms with van der Waals surface area (Å²) in [5.41, 5.74) is 1.77. The molecule has 7 nitrogen and oxygen atoms in total. The third-order valence-corrected chi connectivity index (χ3v) is 5.22. The molecule has 7 heteroatoms. The Kier molecular flexibility index (Phi) is 5.55. The lowest BCUT2D eigenvalue weighted by atomic mass is 10.1. The van der Waals surface area contributed by atoms with E-state index in [-0.39, 0.29) is 24.2 Å². The van der Waals surface area contributed by atoms with Gasteiger partial charge in [-0.05, 0) is 36.2 Å². The summed E-state index contributed by atoms with van der Waals surface area (Å²) in [6, 6.07) is 13.1. The van der Waals surface area contributed by atoms with Crippen molar-refractivity contribution in [2.75, 3.05) is 38.7 Å². The molecule has 0 radical (unpaired) electrons. The molecule has 1 unspecified atom stereocenters. The summed E-state index contributed by atoms with van der Waals surface area (Å²) >= 11 is 0. The molecular weight excluding hydrogens is 372 g/mol. The topological polar surface area (TPSA) is 77.1 Å². The summed E-state index contributed by atoms with van der Waals surface area (Å²) < 4.78 is 16.2. The Labute approximate surface area is 169 Å². The van der Waals surface area contributed by atoms with Gasteiger partial charge in [-0.3, -0.25) is 9.59 Å². The highest BCUT2D eigenvalue weighted by molar-refractivity contribution is 5.97. The number of benzene rings is 2. The van der Waals surface area contributed by atoms with Crippen LogP contribution in [0.5, 0.6) is 17.2 Å². The van der Waals surface area contributed by atoms with Crippen LogP contribution in [0.1, 0.15) is 12.0 Å². The molecule has 2 aliphatic rings. The monoisotopic (exact) mass is 396 g/mol. The van der Waals surface area contributed by atoms with E-state index in [4.69, 9.17) is 14.2 Å². The molecule has 0 aliphatic carbocycles. The standard InChI is InChI=1S/C22H24N2O5/c1-27-18-5-2-15(3-6-18)8-9-24-14-16(12-21(24)25)22(26)23-17-4-7-19-20(13-17)29-11-10-28-19/h2-7,13,16H,8-12,14H2,1H3,(H,23,26). The molecule has 1 fully saturated rings. The number of carbonyl (C=O) groups is 2. The van der Waals surface area contributed by atoms with Crippen LogP contribution in [0.2, 0.25) is 0 Å². The average Bonchev–Trinajstić information content (AvgIpc) is 3.13. The third kappa shape index (κ3) is 4.45. The van der Waals surface area contributed by atoms with Crippen molar-refractivity contribution < 1.29 is 23.8 Å². The Balaban J connectivity index is 1.31. The Morgan fingerprint density at radius 2 is 1.90 bits per heavy atom. The minimum Gasteiger partial charge on any atom is -0.497 e. The molecule has 2 amide bonds. The Hall–Kier alpha value is -3.22. The van der Waals surface area contributed by atoms with Crippen molar-refractivity contribution in [3.63, 3.8) is 0 Å². The van der Waals surface area contributed by atoms with Crippen LogP contribution in [-0.4, -0.2) is 50.1 Å². The molecule has 29 heavy (non-hydrogen) atoms. The Morgan fingerprint density at radius 1 is 1.14 bits per heavy atom. The number of amides is 2. The number of anilines is 1. The number of hydrogen-bond donors (Lipinski definition) is 1. The number of ether oxygens (including phenoxy) is 3. The first-order valence-electron chi connectivity index (χ1n) is 9.73. The second-order valence-corrected chi connectivity index (χ2v) is 7.19. The van der Waals surface area contributed by atoms with Crippen molar-refractivity contribution in [1.29, 1.82) is 0 Å². The summed E-state index contributed by atoms with van der Waals surface area (Å²) in [6.07, 6.45) is 0.977. The second-order valence-electron chi connectivity index (χ2n) is 7.19. The summed E-state index contributed by atoms with van der Waals surface area (Å²) in [4.78, 5) is 26.7. The van der Waals surface area contributed by atoms with Gasteiger partial charge in [0.1, 0.15) is 19.0 Å². The molecule has 0 bridgehead atoms. The second kappa shape index (κ2) is 8.43. The first kappa shape index (κ1) is 19.1. The van der Waals surface area contributed by atoms with E-state index in [1.807, 2.05) is 24.3 Å². The smallest absolute Gasteiger partial charge is 0.229 e. The van der Waals surface area contributed by atoms with Gasteiger partial charge in [-0.1, -0.05) is 12.1 Å². The average molecular weight is 396 g/mol. The van der Waals surface area contributed by atoms with Crippen LogP contribution in [-0.2, 0) is 16.0 Å². The fourth-order valence-electron chi connectivity index (χ4n) is 3.59. The van der Waals surface area contributed by atoms with Gasteiger partial charge in [-0.2, -0.15) is 0 Å². The van der Waals surface area contributed by atoms with E-state index >= 15 is 0 Å². The summed E-state index contributed by atoms with van der Waals surface area (Å²) in [5, 5.41) is 2.89. The van der Waals surface area contributed by atoms with Crippen LogP contribution in [0.15, 0.2) is 42.5 Å². The zero-order chi connectivity index (χ0) is 20.2. The van der Waals surface area contributed by atoms with Crippen molar-refractivity contribution in [1.82, 2.24) is 4.90 Å². The maximum atomic E-state index is 12.6. The predicted molar refractivity (Wildman–Crippen MR) is 107 cm³/mol. The minimum atomic E-state index is -0.355. The van der Waals surface area contributed by atoms with Gasteiger partial charge < -0.3 is 24.4 Å². The molecule has 1 N–H and O–H groups in total. The first-order chi connectivity index (χ1) is 14.1. The number of hydrogen-bond acceptors (Lipinski definition) is 5. The van der Waals surface area contributed by atoms with Crippen LogP contribution >= 0.6 is 0 Å². The number of nitrogens with one attached hydrogen (secondary N) is 1. The van der Waals surface area contributed by atoms with Crippen molar-refractivity contribution >= 4 is 17.5 Å². The highest BCUT2D eigenvalue weighted by atomic mass is 16.6. The Bertz CT molecular complexity index is 897. The number of carbonyl (C=O) groups excluding carboxylic acids is 2. The zero-order valence-electron chi connectivity index (χ0n) is 16.3. The number of methoxy groups -OCH3 is 1. The van der Waals surface area contributed by atoms with Crippen LogP contribution in [0.25, 0.3) is 0 Å². The van der Waals surface area contributed by atoms with E-state index in [1.165, 1.54) is 0 Å². The van der Waals surface area contributed by atoms with Crippen LogP contribution < -0.4 is 19.5 Å². The minimum absolute atomic E-state index is 0.0147. The maximum absolute atomic E-state index is 12.6. The lowest BCUT2D eigenvalue weighted by molar-refractivity contribution is -0.128. The zero-order valence-corrected chi connectivity index (χ0v) is 16.3. The number of rotatable bonds is 6. The maximum Gasteiger partial charge on any atom is 0.229 e. The van der Waals surface area contributed by atoms with Crippen molar-refractivity contribution in [2.24, 2.45) is 5.92 Å². The van der Waals surface area contributed by atoms with Crippen LogP contribution in [0.4, 0.5) is 5.69 Å². The SMILES string of the molecule is COc1ccc(CCN2CC(C(=O)Nc3ccc4c(c3)OCCO4)CC2=O)cc1. The van der Waals surface area contributed by atoms with Gasteiger partial charge in [0.2, 0.25) is 11.8 Å². The van der Waals surface area contributed by atoms with Crippen molar-refractivity contribution in [3.8, 4) is 17.2 Å². The molecule has 0 aromatic heterocycles. The number of fused-ring (bicyclic) bond motifs is 1. The Morgan fingerprint density at radius 3 is 2.66 bits per heavy atom. The number of nitrogens with zero attached hydrogens (tertiary/aromatic N) is 1. The summed E-state index contributed by atoms with van der Waals surface area (Å²) in [7, 11) is 1.63. The molecule has 1 saturated heterocycles. The molecular formula is C22H24N2O5. The molecule has 0 spiro atoms. The summed E-state index contributed by atoms with van der Waals surface area (Å²) in [5.74, 6) is 1.61. The fraction of sp³-hybridized carbons (Fsp3) is 0.364. The van der Waals surface area contributed by atoms with E-state index in [2.05, 4.69) is 5.32 Å². The van der Waals surface area contributed by atoms with E-state index in [0.29, 0.717) is 43.5 Å². The van der Waals surface area contributed by atoms with Gasteiger partial charge in [-0.15, -0.1) is 0 Å². The summed E-state index contributed by atoms with van der Waals surface area (Å²) in [6.45, 7) is 2.05. The van der Waals surface area contributed by atoms with Gasteiger partial charge >= 0.3 is 0 Å². The van der Waals surface area contributed by atoms with Gasteiger partial charge in [-0.25, -0.2) is 0 Å². The van der Waals surface area contributed by atoms with E-state index in [9.17, 15) is 9.59 Å². The molecule has 2 heterocycles. The lowest BCUT2D eigenvalue weighted by Crippen LogP contribution is -2.30. The molecule has 2 aromatic rings. The first-order valence-corrected chi connectivity index (χ1v) is 9.73. The van der Waals surface area contributed by atoms with Crippen LogP contribution in [0, 0.1) is 5.92 Å². The lowest BCUT2D eigenvalue weighted by Gasteiger charge is -2.19. The largest absolute Gasteiger partial charge is 0.497 e. The molecule has 0 saturated carbocycles. The molecule has 2 aromatic carbocycles. The highest BCUT2D eigenvalue weighted by Crippen LogP contribution is 2.33. The predicted octanol–water partition coefficient (Wildman–Crippen LogP) is 2.50. The molecule has 4 rings (SSSR count). The third-order valence-electron chi connectivity index (χ3n) is 5.22. The molecule has 1 atom stereocenters. The van der Waals surface area contributed by atoms with E-state index in [0.717, 1.165) is 17.7 Å². The fourth-order valence-corrected chi connectivity index (χ4v) is 3.59. The normalized spacial score (nSPS) is 17.9. The van der Waals surface area contributed by atoms with Gasteiger partial charge in [0.15, 0.2) is 11.5 Å².